The first kappa shape index (κ1) is 20.3. The summed E-state index contributed by atoms with van der Waals surface area (Å²) in [5, 5.41) is 2.68. The van der Waals surface area contributed by atoms with Crippen LogP contribution in [0.15, 0.2) is 54.6 Å². The molecule has 0 aromatic heterocycles. The number of carbonyl (C=O) groups excluding carboxylic acids is 4. The molecule has 0 aliphatic carbocycles. The summed E-state index contributed by atoms with van der Waals surface area (Å²) in [4.78, 5) is 50.4. The summed E-state index contributed by atoms with van der Waals surface area (Å²) in [6, 6.07) is 14.7. The van der Waals surface area contributed by atoms with E-state index < -0.39 is 30.6 Å². The highest BCUT2D eigenvalue weighted by atomic mass is 16.5. The third-order valence-corrected chi connectivity index (χ3v) is 4.66. The minimum Gasteiger partial charge on any atom is -0.442 e. The van der Waals surface area contributed by atoms with Gasteiger partial charge in [-0.2, -0.15) is 0 Å². The number of ether oxygens (including phenoxy) is 1. The van der Waals surface area contributed by atoms with E-state index in [9.17, 15) is 19.2 Å². The van der Waals surface area contributed by atoms with Gasteiger partial charge in [0.2, 0.25) is 5.91 Å². The maximum atomic E-state index is 12.5. The third kappa shape index (κ3) is 4.51. The SMILES string of the molecule is CC(C)[C@H](NC(=O)Cc1ccccc1)C(=O)OCN1C(=O)c2ccccc2C1=O. The van der Waals surface area contributed by atoms with Crippen molar-refractivity contribution in [2.45, 2.75) is 26.3 Å². The maximum absolute atomic E-state index is 12.5. The normalized spacial score (nSPS) is 14.0. The predicted molar refractivity (Wildman–Crippen MR) is 105 cm³/mol. The number of esters is 1. The molecule has 7 nitrogen and oxygen atoms in total. The molecule has 2 aromatic carbocycles. The molecular weight excluding hydrogens is 372 g/mol. The van der Waals surface area contributed by atoms with Crippen molar-refractivity contribution in [2.24, 2.45) is 5.92 Å². The van der Waals surface area contributed by atoms with Gasteiger partial charge in [0, 0.05) is 0 Å². The zero-order valence-electron chi connectivity index (χ0n) is 16.3. The smallest absolute Gasteiger partial charge is 0.330 e. The van der Waals surface area contributed by atoms with Crippen LogP contribution >= 0.6 is 0 Å². The Morgan fingerprint density at radius 1 is 0.931 bits per heavy atom. The summed E-state index contributed by atoms with van der Waals surface area (Å²) in [6.07, 6.45) is 0.135. The highest BCUT2D eigenvalue weighted by molar-refractivity contribution is 6.21. The summed E-state index contributed by atoms with van der Waals surface area (Å²) in [5.41, 5.74) is 1.39. The summed E-state index contributed by atoms with van der Waals surface area (Å²) < 4.78 is 5.20. The Bertz CT molecular complexity index is 904. The lowest BCUT2D eigenvalue weighted by Gasteiger charge is -2.22. The van der Waals surface area contributed by atoms with Crippen molar-refractivity contribution in [3.05, 3.63) is 71.3 Å². The number of nitrogens with one attached hydrogen (secondary N) is 1. The summed E-state index contributed by atoms with van der Waals surface area (Å²) in [5.74, 6) is -2.25. The van der Waals surface area contributed by atoms with E-state index in [0.29, 0.717) is 0 Å². The molecule has 1 atom stereocenters. The average molecular weight is 394 g/mol. The van der Waals surface area contributed by atoms with Crippen molar-refractivity contribution >= 4 is 23.7 Å². The lowest BCUT2D eigenvalue weighted by molar-refractivity contribution is -0.151. The topological polar surface area (TPSA) is 92.8 Å². The van der Waals surface area contributed by atoms with Crippen molar-refractivity contribution < 1.29 is 23.9 Å². The van der Waals surface area contributed by atoms with Crippen LogP contribution in [0.4, 0.5) is 0 Å². The van der Waals surface area contributed by atoms with Crippen LogP contribution in [0.5, 0.6) is 0 Å². The first-order chi connectivity index (χ1) is 13.9. The summed E-state index contributed by atoms with van der Waals surface area (Å²) in [7, 11) is 0. The molecule has 7 heteroatoms. The molecule has 0 fully saturated rings. The van der Waals surface area contributed by atoms with Crippen LogP contribution in [0.1, 0.15) is 40.1 Å². The zero-order chi connectivity index (χ0) is 21.0. The molecule has 0 bridgehead atoms. The lowest BCUT2D eigenvalue weighted by atomic mass is 10.0. The van der Waals surface area contributed by atoms with Crippen molar-refractivity contribution in [1.29, 1.82) is 0 Å². The molecule has 1 N–H and O–H groups in total. The number of carbonyl (C=O) groups is 4. The van der Waals surface area contributed by atoms with Crippen LogP contribution in [-0.2, 0) is 20.7 Å². The molecule has 0 radical (unpaired) electrons. The standard InChI is InChI=1S/C22H22N2O5/c1-14(2)19(23-18(25)12-15-8-4-3-5-9-15)22(28)29-13-24-20(26)16-10-6-7-11-17(16)21(24)27/h3-11,14,19H,12-13H2,1-2H3,(H,23,25)/t19-/m0/s1. The van der Waals surface area contributed by atoms with Crippen molar-refractivity contribution in [3.63, 3.8) is 0 Å². The largest absolute Gasteiger partial charge is 0.442 e. The Labute approximate surface area is 168 Å². The van der Waals surface area contributed by atoms with E-state index >= 15 is 0 Å². The molecule has 1 aliphatic heterocycles. The molecule has 150 valence electrons. The van der Waals surface area contributed by atoms with Crippen LogP contribution in [0.2, 0.25) is 0 Å². The van der Waals surface area contributed by atoms with E-state index in [1.807, 2.05) is 30.3 Å². The molecule has 3 rings (SSSR count). The number of fused-ring (bicyclic) bond motifs is 1. The van der Waals surface area contributed by atoms with Gasteiger partial charge in [0.1, 0.15) is 6.04 Å². The molecule has 0 unspecified atom stereocenters. The first-order valence-corrected chi connectivity index (χ1v) is 9.33. The van der Waals surface area contributed by atoms with E-state index in [0.717, 1.165) is 10.5 Å². The van der Waals surface area contributed by atoms with Gasteiger partial charge < -0.3 is 10.1 Å². The second-order valence-electron chi connectivity index (χ2n) is 7.13. The van der Waals surface area contributed by atoms with Crippen LogP contribution < -0.4 is 5.32 Å². The van der Waals surface area contributed by atoms with Gasteiger partial charge >= 0.3 is 5.97 Å². The van der Waals surface area contributed by atoms with Gasteiger partial charge in [-0.3, -0.25) is 14.4 Å². The van der Waals surface area contributed by atoms with E-state index in [1.54, 1.807) is 38.1 Å². The van der Waals surface area contributed by atoms with Gasteiger partial charge in [0.15, 0.2) is 6.73 Å². The average Bonchev–Trinajstić information content (AvgIpc) is 2.95. The molecule has 0 saturated carbocycles. The van der Waals surface area contributed by atoms with Gasteiger partial charge in [-0.25, -0.2) is 9.69 Å². The third-order valence-electron chi connectivity index (χ3n) is 4.66. The number of amides is 3. The Balaban J connectivity index is 1.60. The minimum absolute atomic E-state index is 0.135. The molecule has 2 aromatic rings. The monoisotopic (exact) mass is 394 g/mol. The molecule has 1 aliphatic rings. The Hall–Kier alpha value is -3.48. The molecule has 0 saturated heterocycles. The van der Waals surface area contributed by atoms with E-state index in [-0.39, 0.29) is 29.4 Å². The quantitative estimate of drug-likeness (QED) is 0.574. The molecule has 29 heavy (non-hydrogen) atoms. The number of benzene rings is 2. The van der Waals surface area contributed by atoms with Gasteiger partial charge in [-0.15, -0.1) is 0 Å². The molecule has 1 heterocycles. The Morgan fingerprint density at radius 3 is 2.03 bits per heavy atom. The van der Waals surface area contributed by atoms with Gasteiger partial charge in [0.25, 0.3) is 11.8 Å². The number of imide groups is 1. The summed E-state index contributed by atoms with van der Waals surface area (Å²) >= 11 is 0. The van der Waals surface area contributed by atoms with Gasteiger partial charge in [0.05, 0.1) is 17.5 Å². The second kappa shape index (κ2) is 8.68. The number of nitrogens with zero attached hydrogens (tertiary/aromatic N) is 1. The van der Waals surface area contributed by atoms with Crippen molar-refractivity contribution in [1.82, 2.24) is 10.2 Å². The van der Waals surface area contributed by atoms with Crippen molar-refractivity contribution in [2.75, 3.05) is 6.73 Å². The minimum atomic E-state index is -0.888. The van der Waals surface area contributed by atoms with Gasteiger partial charge in [-0.1, -0.05) is 56.3 Å². The van der Waals surface area contributed by atoms with Crippen LogP contribution in [0.25, 0.3) is 0 Å². The predicted octanol–water partition coefficient (Wildman–Crippen LogP) is 2.17. The fraction of sp³-hybridized carbons (Fsp3) is 0.273. The zero-order valence-corrected chi connectivity index (χ0v) is 16.3. The van der Waals surface area contributed by atoms with Crippen molar-refractivity contribution in [3.8, 4) is 0 Å². The highest BCUT2D eigenvalue weighted by Gasteiger charge is 2.36. The fourth-order valence-electron chi connectivity index (χ4n) is 3.08. The second-order valence-corrected chi connectivity index (χ2v) is 7.13. The Morgan fingerprint density at radius 2 is 1.48 bits per heavy atom. The maximum Gasteiger partial charge on any atom is 0.330 e. The number of hydrogen-bond donors (Lipinski definition) is 1. The number of rotatable bonds is 7. The lowest BCUT2D eigenvalue weighted by Crippen LogP contribution is -2.47. The van der Waals surface area contributed by atoms with E-state index in [2.05, 4.69) is 5.32 Å². The Kier molecular flexibility index (Phi) is 6.07. The van der Waals surface area contributed by atoms with Crippen LogP contribution in [-0.4, -0.2) is 41.4 Å². The number of hydrogen-bond acceptors (Lipinski definition) is 5. The van der Waals surface area contributed by atoms with E-state index in [1.165, 1.54) is 0 Å². The van der Waals surface area contributed by atoms with E-state index in [4.69, 9.17) is 4.74 Å². The van der Waals surface area contributed by atoms with Crippen LogP contribution in [0.3, 0.4) is 0 Å². The molecular formula is C22H22N2O5. The van der Waals surface area contributed by atoms with Gasteiger partial charge in [-0.05, 0) is 23.6 Å². The summed E-state index contributed by atoms with van der Waals surface area (Å²) in [6.45, 7) is 3.05. The molecule has 3 amide bonds. The fourth-order valence-corrected chi connectivity index (χ4v) is 3.08. The molecule has 0 spiro atoms. The highest BCUT2D eigenvalue weighted by Crippen LogP contribution is 2.22. The first-order valence-electron chi connectivity index (χ1n) is 9.33. The van der Waals surface area contributed by atoms with Crippen LogP contribution in [0, 0.1) is 5.92 Å².